The second kappa shape index (κ2) is 7.11. The van der Waals surface area contributed by atoms with Crippen LogP contribution in [0.25, 0.3) is 10.9 Å². The fourth-order valence-electron chi connectivity index (χ4n) is 2.61. The van der Waals surface area contributed by atoms with E-state index >= 15 is 0 Å². The van der Waals surface area contributed by atoms with Crippen LogP contribution in [0.2, 0.25) is 0 Å². The Labute approximate surface area is 154 Å². The molecule has 6 heteroatoms. The summed E-state index contributed by atoms with van der Waals surface area (Å²) in [7, 11) is 0. The third-order valence-electron chi connectivity index (χ3n) is 3.59. The van der Waals surface area contributed by atoms with Crippen molar-refractivity contribution in [3.8, 4) is 0 Å². The minimum atomic E-state index is -0.589. The molecule has 0 radical (unpaired) electrons. The fraction of sp³-hybridized carbons (Fsp3) is 0.500. The van der Waals surface area contributed by atoms with Crippen LogP contribution < -0.4 is 5.73 Å². The van der Waals surface area contributed by atoms with Gasteiger partial charge in [-0.1, -0.05) is 18.2 Å². The number of hydrogen-bond acceptors (Lipinski definition) is 4. The van der Waals surface area contributed by atoms with Crippen LogP contribution in [-0.4, -0.2) is 33.9 Å². The summed E-state index contributed by atoms with van der Waals surface area (Å²) in [5.74, 6) is -0.355. The van der Waals surface area contributed by atoms with E-state index in [-0.39, 0.29) is 5.97 Å². The highest BCUT2D eigenvalue weighted by Gasteiger charge is 2.27. The van der Waals surface area contributed by atoms with Crippen LogP contribution in [0.1, 0.15) is 47.1 Å². The van der Waals surface area contributed by atoms with Crippen molar-refractivity contribution in [3.63, 3.8) is 0 Å². The van der Waals surface area contributed by atoms with Gasteiger partial charge in [-0.3, -0.25) is 4.57 Å². The van der Waals surface area contributed by atoms with Gasteiger partial charge in [0.1, 0.15) is 11.2 Å². The first-order valence-corrected chi connectivity index (χ1v) is 8.75. The number of fused-ring (bicyclic) bond motifs is 1. The van der Waals surface area contributed by atoms with Gasteiger partial charge in [-0.2, -0.15) is 0 Å². The zero-order valence-electron chi connectivity index (χ0n) is 16.5. The van der Waals surface area contributed by atoms with Crippen molar-refractivity contribution >= 4 is 23.0 Å². The van der Waals surface area contributed by atoms with Crippen molar-refractivity contribution in [2.45, 2.75) is 65.2 Å². The van der Waals surface area contributed by atoms with E-state index < -0.39 is 23.3 Å². The van der Waals surface area contributed by atoms with Crippen LogP contribution in [0, 0.1) is 0 Å². The van der Waals surface area contributed by atoms with E-state index in [1.165, 1.54) is 4.57 Å². The maximum absolute atomic E-state index is 12.5. The summed E-state index contributed by atoms with van der Waals surface area (Å²) < 4.78 is 12.4. The summed E-state index contributed by atoms with van der Waals surface area (Å²) >= 11 is 0. The molecule has 142 valence electrons. The lowest BCUT2D eigenvalue weighted by atomic mass is 10.1. The Bertz CT molecular complexity index is 809. The van der Waals surface area contributed by atoms with Gasteiger partial charge in [-0.25, -0.2) is 9.59 Å². The second-order valence-electron chi connectivity index (χ2n) is 8.46. The summed E-state index contributed by atoms with van der Waals surface area (Å²) in [6.45, 7) is 11.0. The van der Waals surface area contributed by atoms with Crippen molar-refractivity contribution in [2.24, 2.45) is 0 Å². The molecule has 0 aliphatic rings. The summed E-state index contributed by atoms with van der Waals surface area (Å²) in [4.78, 5) is 24.8. The number of nitrogens with zero attached hydrogens (tertiary/aromatic N) is 1. The Hall–Kier alpha value is -2.34. The molecule has 6 nitrogen and oxygen atoms in total. The number of carbonyl (C=O) groups is 2. The van der Waals surface area contributed by atoms with Crippen molar-refractivity contribution in [2.75, 3.05) is 0 Å². The second-order valence-corrected chi connectivity index (χ2v) is 8.46. The predicted molar refractivity (Wildman–Crippen MR) is 99.8 cm³/mol. The van der Waals surface area contributed by atoms with E-state index in [1.54, 1.807) is 6.20 Å². The first-order chi connectivity index (χ1) is 11.9. The molecular formula is C20H29N2O4+. The average molecular weight is 361 g/mol. The zero-order valence-corrected chi connectivity index (χ0v) is 16.5. The van der Waals surface area contributed by atoms with E-state index in [1.807, 2.05) is 65.8 Å². The lowest BCUT2D eigenvalue weighted by molar-refractivity contribution is -0.409. The van der Waals surface area contributed by atoms with Crippen molar-refractivity contribution < 1.29 is 24.8 Å². The number of benzene rings is 1. The number of hydrogen-bond donors (Lipinski definition) is 1. The Balaban J connectivity index is 2.31. The maximum atomic E-state index is 12.5. The molecule has 0 unspecified atom stereocenters. The SMILES string of the molecule is CC(C)(C)OC(=O)[C@@H]([NH3+])Cc1cn(C(=O)OC(C)(C)C)c2ccccc12. The van der Waals surface area contributed by atoms with Crippen LogP contribution in [0.4, 0.5) is 4.79 Å². The van der Waals surface area contributed by atoms with Gasteiger partial charge in [0.2, 0.25) is 0 Å². The van der Waals surface area contributed by atoms with Crippen LogP contribution in [0.15, 0.2) is 30.5 Å². The summed E-state index contributed by atoms with van der Waals surface area (Å²) in [5, 5.41) is 0.899. The fourth-order valence-corrected chi connectivity index (χ4v) is 2.61. The molecule has 3 N–H and O–H groups in total. The van der Waals surface area contributed by atoms with Crippen LogP contribution >= 0.6 is 0 Å². The van der Waals surface area contributed by atoms with Crippen molar-refractivity contribution in [1.82, 2.24) is 4.57 Å². The Kier molecular flexibility index (Phi) is 5.47. The van der Waals surface area contributed by atoms with Crippen molar-refractivity contribution in [1.29, 1.82) is 0 Å². The Morgan fingerprint density at radius 2 is 1.62 bits per heavy atom. The van der Waals surface area contributed by atoms with Gasteiger partial charge in [0, 0.05) is 18.0 Å². The summed E-state index contributed by atoms with van der Waals surface area (Å²) in [6.07, 6.45) is 1.66. The van der Waals surface area contributed by atoms with Crippen molar-refractivity contribution in [3.05, 3.63) is 36.0 Å². The third kappa shape index (κ3) is 5.08. The molecule has 0 bridgehead atoms. The Morgan fingerprint density at radius 1 is 1.04 bits per heavy atom. The summed E-state index contributed by atoms with van der Waals surface area (Å²) in [6, 6.07) is 6.98. The largest absolute Gasteiger partial charge is 0.456 e. The molecule has 0 saturated carbocycles. The van der Waals surface area contributed by atoms with E-state index in [0.29, 0.717) is 6.42 Å². The minimum absolute atomic E-state index is 0.355. The number of rotatable bonds is 3. The van der Waals surface area contributed by atoms with E-state index in [0.717, 1.165) is 16.5 Å². The molecule has 1 aromatic heterocycles. The number of para-hydroxylation sites is 1. The van der Waals surface area contributed by atoms with E-state index in [9.17, 15) is 9.59 Å². The maximum Gasteiger partial charge on any atom is 0.419 e. The van der Waals surface area contributed by atoms with Gasteiger partial charge < -0.3 is 15.2 Å². The predicted octanol–water partition coefficient (Wildman–Crippen LogP) is 2.92. The molecule has 2 rings (SSSR count). The molecule has 1 heterocycles. The highest BCUT2D eigenvalue weighted by atomic mass is 16.6. The number of carbonyl (C=O) groups excluding carboxylic acids is 2. The highest BCUT2D eigenvalue weighted by molar-refractivity contribution is 5.92. The lowest BCUT2D eigenvalue weighted by Gasteiger charge is -2.20. The highest BCUT2D eigenvalue weighted by Crippen LogP contribution is 2.24. The molecule has 0 spiro atoms. The van der Waals surface area contributed by atoms with E-state index in [4.69, 9.17) is 9.47 Å². The number of esters is 1. The smallest absolute Gasteiger partial charge is 0.419 e. The van der Waals surface area contributed by atoms with Crippen LogP contribution in [-0.2, 0) is 20.7 Å². The number of aromatic nitrogens is 1. The lowest BCUT2D eigenvalue weighted by Crippen LogP contribution is -2.66. The van der Waals surface area contributed by atoms with Crippen LogP contribution in [0.5, 0.6) is 0 Å². The van der Waals surface area contributed by atoms with Gasteiger partial charge in [-0.15, -0.1) is 0 Å². The van der Waals surface area contributed by atoms with Crippen LogP contribution in [0.3, 0.4) is 0 Å². The molecule has 0 saturated heterocycles. The Morgan fingerprint density at radius 3 is 2.19 bits per heavy atom. The van der Waals surface area contributed by atoms with Gasteiger partial charge in [0.25, 0.3) is 0 Å². The first-order valence-electron chi connectivity index (χ1n) is 8.75. The van der Waals surface area contributed by atoms with E-state index in [2.05, 4.69) is 5.73 Å². The normalized spacial score (nSPS) is 13.5. The van der Waals surface area contributed by atoms with Gasteiger partial charge >= 0.3 is 12.1 Å². The topological polar surface area (TPSA) is 85.2 Å². The number of ether oxygens (including phenoxy) is 2. The zero-order chi connectivity index (χ0) is 19.7. The molecule has 1 aromatic carbocycles. The first kappa shape index (κ1) is 20.0. The van der Waals surface area contributed by atoms with Gasteiger partial charge in [0.05, 0.1) is 5.52 Å². The third-order valence-corrected chi connectivity index (χ3v) is 3.59. The number of quaternary nitrogens is 1. The molecule has 26 heavy (non-hydrogen) atoms. The molecular weight excluding hydrogens is 332 g/mol. The minimum Gasteiger partial charge on any atom is -0.456 e. The molecule has 0 fully saturated rings. The molecule has 1 atom stereocenters. The van der Waals surface area contributed by atoms with Gasteiger partial charge in [-0.05, 0) is 53.2 Å². The average Bonchev–Trinajstić information content (AvgIpc) is 2.83. The molecule has 0 amide bonds. The quantitative estimate of drug-likeness (QED) is 0.852. The monoisotopic (exact) mass is 361 g/mol. The molecule has 0 aliphatic heterocycles. The standard InChI is InChI=1S/C20H28N2O4/c1-19(2,3)25-17(23)15(21)11-13-12-22(18(24)26-20(4,5)6)16-10-8-7-9-14(13)16/h7-10,12,15H,11,21H2,1-6H3/p+1/t15-/m0/s1. The molecule has 0 aliphatic carbocycles. The molecule has 2 aromatic rings. The van der Waals surface area contributed by atoms with Gasteiger partial charge in [0.15, 0.2) is 6.04 Å². The summed E-state index contributed by atoms with van der Waals surface area (Å²) in [5.41, 5.74) is 4.39.